The van der Waals surface area contributed by atoms with Gasteiger partial charge in [0.15, 0.2) is 0 Å². The van der Waals surface area contributed by atoms with Crippen molar-refractivity contribution in [2.24, 2.45) is 0 Å². The van der Waals surface area contributed by atoms with Crippen LogP contribution in [0.15, 0.2) is 24.3 Å². The second-order valence-corrected chi connectivity index (χ2v) is 4.14. The fraction of sp³-hybridized carbons (Fsp3) is 0.231. The van der Waals surface area contributed by atoms with Gasteiger partial charge in [0.25, 0.3) is 0 Å². The maximum absolute atomic E-state index is 6.11. The molecule has 0 atom stereocenters. The highest BCUT2D eigenvalue weighted by Gasteiger charge is 2.06. The summed E-state index contributed by atoms with van der Waals surface area (Å²) < 4.78 is 5.32. The van der Waals surface area contributed by atoms with E-state index < -0.39 is 0 Å². The number of ether oxygens (including phenoxy) is 1. The first-order chi connectivity index (χ1) is 7.13. The standard InChI is InChI=1S/C13H13ClO/c1-8-4-5-13(15-3)11-7-12(14)9(2)6-10(8)11/h4-7H,1-3H3. The van der Waals surface area contributed by atoms with Gasteiger partial charge in [0.1, 0.15) is 5.75 Å². The predicted octanol–water partition coefficient (Wildman–Crippen LogP) is 4.12. The molecule has 0 amide bonds. The summed E-state index contributed by atoms with van der Waals surface area (Å²) in [6.45, 7) is 4.11. The van der Waals surface area contributed by atoms with Crippen molar-refractivity contribution in [3.05, 3.63) is 40.4 Å². The average Bonchev–Trinajstić information content (AvgIpc) is 2.22. The fourth-order valence-electron chi connectivity index (χ4n) is 1.77. The van der Waals surface area contributed by atoms with Crippen molar-refractivity contribution in [3.63, 3.8) is 0 Å². The first kappa shape index (κ1) is 10.3. The molecule has 0 spiro atoms. The van der Waals surface area contributed by atoms with E-state index in [1.54, 1.807) is 7.11 Å². The van der Waals surface area contributed by atoms with Gasteiger partial charge in [0, 0.05) is 10.4 Å². The molecule has 2 rings (SSSR count). The number of benzene rings is 2. The number of rotatable bonds is 1. The number of hydrogen-bond acceptors (Lipinski definition) is 1. The molecule has 0 heterocycles. The van der Waals surface area contributed by atoms with E-state index in [0.717, 1.165) is 21.7 Å². The van der Waals surface area contributed by atoms with E-state index in [0.29, 0.717) is 0 Å². The van der Waals surface area contributed by atoms with Crippen molar-refractivity contribution in [3.8, 4) is 5.75 Å². The van der Waals surface area contributed by atoms with Crippen molar-refractivity contribution < 1.29 is 4.74 Å². The zero-order chi connectivity index (χ0) is 11.0. The molecular formula is C13H13ClO. The van der Waals surface area contributed by atoms with Gasteiger partial charge < -0.3 is 4.74 Å². The number of methoxy groups -OCH3 is 1. The summed E-state index contributed by atoms with van der Waals surface area (Å²) in [5.41, 5.74) is 2.34. The van der Waals surface area contributed by atoms with Gasteiger partial charge >= 0.3 is 0 Å². The Morgan fingerprint density at radius 3 is 2.40 bits per heavy atom. The zero-order valence-electron chi connectivity index (χ0n) is 9.10. The van der Waals surface area contributed by atoms with Crippen molar-refractivity contribution >= 4 is 22.4 Å². The third kappa shape index (κ3) is 1.68. The molecule has 2 aromatic carbocycles. The highest BCUT2D eigenvalue weighted by atomic mass is 35.5. The third-order valence-corrected chi connectivity index (χ3v) is 3.10. The number of halogens is 1. The molecule has 2 aromatic rings. The van der Waals surface area contributed by atoms with Gasteiger partial charge in [-0.25, -0.2) is 0 Å². The minimum Gasteiger partial charge on any atom is -0.496 e. The molecule has 0 N–H and O–H groups in total. The SMILES string of the molecule is COc1ccc(C)c2cc(C)c(Cl)cc12. The molecule has 0 saturated carbocycles. The van der Waals surface area contributed by atoms with Gasteiger partial charge in [-0.15, -0.1) is 0 Å². The fourth-order valence-corrected chi connectivity index (χ4v) is 1.93. The van der Waals surface area contributed by atoms with Crippen LogP contribution >= 0.6 is 11.6 Å². The van der Waals surface area contributed by atoms with Crippen LogP contribution in [0.3, 0.4) is 0 Å². The summed E-state index contributed by atoms with van der Waals surface area (Å²) in [6, 6.07) is 8.12. The van der Waals surface area contributed by atoms with Crippen molar-refractivity contribution in [2.45, 2.75) is 13.8 Å². The second-order valence-electron chi connectivity index (χ2n) is 3.73. The van der Waals surface area contributed by atoms with Gasteiger partial charge in [-0.2, -0.15) is 0 Å². The second kappa shape index (κ2) is 3.74. The summed E-state index contributed by atoms with van der Waals surface area (Å²) >= 11 is 6.11. The van der Waals surface area contributed by atoms with E-state index in [2.05, 4.69) is 19.1 Å². The van der Waals surface area contributed by atoms with Crippen LogP contribution in [0.5, 0.6) is 5.75 Å². The van der Waals surface area contributed by atoms with Crippen molar-refractivity contribution in [1.29, 1.82) is 0 Å². The summed E-state index contributed by atoms with van der Waals surface area (Å²) in [5, 5.41) is 3.07. The van der Waals surface area contributed by atoms with E-state index in [-0.39, 0.29) is 0 Å². The topological polar surface area (TPSA) is 9.23 Å². The van der Waals surface area contributed by atoms with Crippen molar-refractivity contribution in [1.82, 2.24) is 0 Å². The minimum atomic E-state index is 0.784. The maximum atomic E-state index is 6.11. The third-order valence-electron chi connectivity index (χ3n) is 2.69. The molecule has 0 aliphatic carbocycles. The predicted molar refractivity (Wildman–Crippen MR) is 65.0 cm³/mol. The molecular weight excluding hydrogens is 208 g/mol. The lowest BCUT2D eigenvalue weighted by Crippen LogP contribution is -1.88. The van der Waals surface area contributed by atoms with Gasteiger partial charge in [0.2, 0.25) is 0 Å². The minimum absolute atomic E-state index is 0.784. The molecule has 0 aliphatic heterocycles. The first-order valence-corrected chi connectivity index (χ1v) is 5.24. The molecule has 78 valence electrons. The Hall–Kier alpha value is -1.21. The molecule has 0 saturated heterocycles. The van der Waals surface area contributed by atoms with Crippen LogP contribution in [0.2, 0.25) is 5.02 Å². The van der Waals surface area contributed by atoms with Gasteiger partial charge in [-0.05, 0) is 48.6 Å². The van der Waals surface area contributed by atoms with Crippen LogP contribution in [-0.4, -0.2) is 7.11 Å². The molecule has 1 nitrogen and oxygen atoms in total. The largest absolute Gasteiger partial charge is 0.496 e. The van der Waals surface area contributed by atoms with E-state index in [9.17, 15) is 0 Å². The normalized spacial score (nSPS) is 10.7. The first-order valence-electron chi connectivity index (χ1n) is 4.87. The van der Waals surface area contributed by atoms with E-state index in [1.807, 2.05) is 19.1 Å². The Labute approximate surface area is 94.6 Å². The highest BCUT2D eigenvalue weighted by molar-refractivity contribution is 6.32. The monoisotopic (exact) mass is 220 g/mol. The highest BCUT2D eigenvalue weighted by Crippen LogP contribution is 2.32. The number of fused-ring (bicyclic) bond motifs is 1. The zero-order valence-corrected chi connectivity index (χ0v) is 9.85. The molecule has 0 radical (unpaired) electrons. The lowest BCUT2D eigenvalue weighted by Gasteiger charge is -2.09. The van der Waals surface area contributed by atoms with E-state index >= 15 is 0 Å². The van der Waals surface area contributed by atoms with E-state index in [4.69, 9.17) is 16.3 Å². The Bertz CT molecular complexity index is 517. The summed E-state index contributed by atoms with van der Waals surface area (Å²) in [7, 11) is 1.68. The van der Waals surface area contributed by atoms with Gasteiger partial charge in [-0.3, -0.25) is 0 Å². The van der Waals surface area contributed by atoms with Gasteiger partial charge in [-0.1, -0.05) is 17.7 Å². The van der Waals surface area contributed by atoms with Crippen LogP contribution in [0, 0.1) is 13.8 Å². The molecule has 2 heteroatoms. The van der Waals surface area contributed by atoms with Gasteiger partial charge in [0.05, 0.1) is 7.11 Å². The summed E-state index contributed by atoms with van der Waals surface area (Å²) in [4.78, 5) is 0. The van der Waals surface area contributed by atoms with Crippen LogP contribution in [0.1, 0.15) is 11.1 Å². The molecule has 0 unspecified atom stereocenters. The average molecular weight is 221 g/mol. The Morgan fingerprint density at radius 2 is 1.73 bits per heavy atom. The molecule has 0 fully saturated rings. The molecule has 0 aromatic heterocycles. The van der Waals surface area contributed by atoms with Crippen LogP contribution in [0.4, 0.5) is 0 Å². The van der Waals surface area contributed by atoms with E-state index in [1.165, 1.54) is 10.9 Å². The molecule has 15 heavy (non-hydrogen) atoms. The summed E-state index contributed by atoms with van der Waals surface area (Å²) in [6.07, 6.45) is 0. The van der Waals surface area contributed by atoms with Crippen LogP contribution in [-0.2, 0) is 0 Å². The maximum Gasteiger partial charge on any atom is 0.126 e. The van der Waals surface area contributed by atoms with Crippen LogP contribution in [0.25, 0.3) is 10.8 Å². The number of hydrogen-bond donors (Lipinski definition) is 0. The summed E-state index contributed by atoms with van der Waals surface area (Å²) in [5.74, 6) is 0.873. The number of aryl methyl sites for hydroxylation is 2. The lowest BCUT2D eigenvalue weighted by molar-refractivity contribution is 0.420. The van der Waals surface area contributed by atoms with Crippen LogP contribution < -0.4 is 4.74 Å². The van der Waals surface area contributed by atoms with Crippen molar-refractivity contribution in [2.75, 3.05) is 7.11 Å². The lowest BCUT2D eigenvalue weighted by atomic mass is 10.0. The Morgan fingerprint density at radius 1 is 1.00 bits per heavy atom. The Kier molecular flexibility index (Phi) is 2.57. The molecule has 0 aliphatic rings. The molecule has 0 bridgehead atoms. The quantitative estimate of drug-likeness (QED) is 0.703. The Balaban J connectivity index is 2.88. The smallest absolute Gasteiger partial charge is 0.126 e.